The maximum absolute atomic E-state index is 5.92. The topological polar surface area (TPSA) is 38.9 Å². The van der Waals surface area contributed by atoms with Crippen LogP contribution in [0, 0.1) is 0 Å². The van der Waals surface area contributed by atoms with Crippen molar-refractivity contribution in [2.75, 3.05) is 0 Å². The van der Waals surface area contributed by atoms with Crippen LogP contribution in [0.3, 0.4) is 0 Å². The van der Waals surface area contributed by atoms with Crippen LogP contribution in [-0.2, 0) is 0 Å². The van der Waals surface area contributed by atoms with E-state index in [0.717, 1.165) is 12.1 Å². The summed E-state index contributed by atoms with van der Waals surface area (Å²) in [6.45, 7) is 2.17. The lowest BCUT2D eigenvalue weighted by molar-refractivity contribution is 0.590. The van der Waals surface area contributed by atoms with Crippen LogP contribution in [0.15, 0.2) is 24.4 Å². The Balaban J connectivity index is 2.48. The Bertz CT molecular complexity index is 208. The van der Waals surface area contributed by atoms with Gasteiger partial charge in [0.25, 0.3) is 0 Å². The van der Waals surface area contributed by atoms with E-state index in [1.165, 1.54) is 12.8 Å². The second-order valence-corrected chi connectivity index (χ2v) is 3.00. The van der Waals surface area contributed by atoms with Gasteiger partial charge in [0.15, 0.2) is 0 Å². The summed E-state index contributed by atoms with van der Waals surface area (Å²) in [5, 5.41) is 0. The SMILES string of the molecule is CCCCC(N)c1ccccn1. The largest absolute Gasteiger partial charge is 0.323 e. The van der Waals surface area contributed by atoms with Crippen molar-refractivity contribution in [1.29, 1.82) is 0 Å². The molecule has 0 aliphatic carbocycles. The Morgan fingerprint density at radius 3 is 2.92 bits per heavy atom. The zero-order valence-corrected chi connectivity index (χ0v) is 7.53. The van der Waals surface area contributed by atoms with Crippen LogP contribution in [0.4, 0.5) is 0 Å². The molecule has 2 N–H and O–H groups in total. The molecule has 0 saturated carbocycles. The highest BCUT2D eigenvalue weighted by Gasteiger charge is 2.04. The number of pyridine rings is 1. The molecule has 0 aliphatic rings. The number of nitrogens with two attached hydrogens (primary N) is 1. The van der Waals surface area contributed by atoms with Crippen molar-refractivity contribution in [2.24, 2.45) is 5.73 Å². The quantitative estimate of drug-likeness (QED) is 0.741. The van der Waals surface area contributed by atoms with E-state index in [1.807, 2.05) is 18.2 Å². The molecule has 0 amide bonds. The van der Waals surface area contributed by atoms with E-state index in [0.29, 0.717) is 0 Å². The summed E-state index contributed by atoms with van der Waals surface area (Å²) in [5.41, 5.74) is 6.92. The first-order valence-electron chi connectivity index (χ1n) is 4.51. The minimum atomic E-state index is 0.117. The number of nitrogens with zero attached hydrogens (tertiary/aromatic N) is 1. The molecule has 1 aromatic heterocycles. The molecule has 1 rings (SSSR count). The Hall–Kier alpha value is -0.890. The van der Waals surface area contributed by atoms with Crippen molar-refractivity contribution in [3.05, 3.63) is 30.1 Å². The first kappa shape index (κ1) is 9.20. The van der Waals surface area contributed by atoms with E-state index in [9.17, 15) is 0 Å². The first-order valence-corrected chi connectivity index (χ1v) is 4.51. The van der Waals surface area contributed by atoms with Gasteiger partial charge in [-0.05, 0) is 18.6 Å². The fourth-order valence-corrected chi connectivity index (χ4v) is 1.17. The summed E-state index contributed by atoms with van der Waals surface area (Å²) in [5.74, 6) is 0. The van der Waals surface area contributed by atoms with Gasteiger partial charge in [0.1, 0.15) is 0 Å². The normalized spacial score (nSPS) is 12.8. The lowest BCUT2D eigenvalue weighted by atomic mass is 10.1. The highest BCUT2D eigenvalue weighted by Crippen LogP contribution is 2.13. The number of unbranched alkanes of at least 4 members (excludes halogenated alkanes) is 1. The Morgan fingerprint density at radius 1 is 1.50 bits per heavy atom. The molecule has 2 nitrogen and oxygen atoms in total. The molecule has 1 aromatic rings. The highest BCUT2D eigenvalue weighted by atomic mass is 14.8. The molecule has 1 atom stereocenters. The van der Waals surface area contributed by atoms with Gasteiger partial charge in [0, 0.05) is 12.2 Å². The molecule has 0 aromatic carbocycles. The van der Waals surface area contributed by atoms with Gasteiger partial charge in [-0.25, -0.2) is 0 Å². The summed E-state index contributed by atoms with van der Waals surface area (Å²) >= 11 is 0. The van der Waals surface area contributed by atoms with Crippen molar-refractivity contribution >= 4 is 0 Å². The van der Waals surface area contributed by atoms with Crippen LogP contribution in [-0.4, -0.2) is 4.98 Å². The van der Waals surface area contributed by atoms with Crippen LogP contribution in [0.5, 0.6) is 0 Å². The van der Waals surface area contributed by atoms with Crippen molar-refractivity contribution in [3.63, 3.8) is 0 Å². The van der Waals surface area contributed by atoms with Crippen LogP contribution < -0.4 is 5.73 Å². The maximum Gasteiger partial charge on any atom is 0.0570 e. The summed E-state index contributed by atoms with van der Waals surface area (Å²) < 4.78 is 0. The van der Waals surface area contributed by atoms with Crippen molar-refractivity contribution in [2.45, 2.75) is 32.2 Å². The Morgan fingerprint density at radius 2 is 2.33 bits per heavy atom. The molecule has 0 saturated heterocycles. The Labute approximate surface area is 73.8 Å². The number of aromatic nitrogens is 1. The molecule has 1 heterocycles. The lowest BCUT2D eigenvalue weighted by Gasteiger charge is -2.08. The standard InChI is InChI=1S/C10H16N2/c1-2-3-6-9(11)10-7-4-5-8-12-10/h4-5,7-9H,2-3,6,11H2,1H3. The average Bonchev–Trinajstić information content (AvgIpc) is 2.15. The monoisotopic (exact) mass is 164 g/mol. The van der Waals surface area contributed by atoms with Gasteiger partial charge in [0.2, 0.25) is 0 Å². The van der Waals surface area contributed by atoms with Gasteiger partial charge < -0.3 is 5.73 Å². The van der Waals surface area contributed by atoms with Crippen LogP contribution in [0.25, 0.3) is 0 Å². The third-order valence-corrected chi connectivity index (χ3v) is 1.94. The molecular weight excluding hydrogens is 148 g/mol. The molecule has 0 spiro atoms. The summed E-state index contributed by atoms with van der Waals surface area (Å²) in [6.07, 6.45) is 5.20. The van der Waals surface area contributed by atoms with E-state index in [2.05, 4.69) is 11.9 Å². The zero-order valence-electron chi connectivity index (χ0n) is 7.53. The minimum absolute atomic E-state index is 0.117. The third kappa shape index (κ3) is 2.62. The number of hydrogen-bond acceptors (Lipinski definition) is 2. The van der Waals surface area contributed by atoms with Crippen LogP contribution >= 0.6 is 0 Å². The predicted octanol–water partition coefficient (Wildman–Crippen LogP) is 2.27. The fraction of sp³-hybridized carbons (Fsp3) is 0.500. The van der Waals surface area contributed by atoms with E-state index in [4.69, 9.17) is 5.73 Å². The van der Waals surface area contributed by atoms with Crippen LogP contribution in [0.2, 0.25) is 0 Å². The number of rotatable bonds is 4. The van der Waals surface area contributed by atoms with Crippen molar-refractivity contribution < 1.29 is 0 Å². The summed E-state index contributed by atoms with van der Waals surface area (Å²) in [4.78, 5) is 4.21. The third-order valence-electron chi connectivity index (χ3n) is 1.94. The molecule has 0 fully saturated rings. The van der Waals surface area contributed by atoms with Gasteiger partial charge in [-0.3, -0.25) is 4.98 Å². The average molecular weight is 164 g/mol. The van der Waals surface area contributed by atoms with Crippen molar-refractivity contribution in [1.82, 2.24) is 4.98 Å². The van der Waals surface area contributed by atoms with Gasteiger partial charge in [0.05, 0.1) is 5.69 Å². The molecular formula is C10H16N2. The van der Waals surface area contributed by atoms with E-state index >= 15 is 0 Å². The van der Waals surface area contributed by atoms with Crippen molar-refractivity contribution in [3.8, 4) is 0 Å². The molecule has 66 valence electrons. The predicted molar refractivity (Wildman–Crippen MR) is 50.7 cm³/mol. The molecule has 2 heteroatoms. The smallest absolute Gasteiger partial charge is 0.0570 e. The fourth-order valence-electron chi connectivity index (χ4n) is 1.17. The highest BCUT2D eigenvalue weighted by molar-refractivity contribution is 5.07. The zero-order chi connectivity index (χ0) is 8.81. The molecule has 0 radical (unpaired) electrons. The number of hydrogen-bond donors (Lipinski definition) is 1. The van der Waals surface area contributed by atoms with Gasteiger partial charge in [-0.15, -0.1) is 0 Å². The summed E-state index contributed by atoms with van der Waals surface area (Å²) in [7, 11) is 0. The first-order chi connectivity index (χ1) is 5.84. The van der Waals surface area contributed by atoms with Gasteiger partial charge in [-0.1, -0.05) is 25.8 Å². The van der Waals surface area contributed by atoms with Gasteiger partial charge in [-0.2, -0.15) is 0 Å². The summed E-state index contributed by atoms with van der Waals surface area (Å²) in [6, 6.07) is 6.00. The Kier molecular flexibility index (Phi) is 3.74. The van der Waals surface area contributed by atoms with E-state index in [1.54, 1.807) is 6.20 Å². The molecule has 12 heavy (non-hydrogen) atoms. The lowest BCUT2D eigenvalue weighted by Crippen LogP contribution is -2.11. The maximum atomic E-state index is 5.92. The second kappa shape index (κ2) is 4.88. The molecule has 0 bridgehead atoms. The molecule has 1 unspecified atom stereocenters. The minimum Gasteiger partial charge on any atom is -0.323 e. The van der Waals surface area contributed by atoms with Crippen LogP contribution in [0.1, 0.15) is 37.9 Å². The van der Waals surface area contributed by atoms with E-state index in [-0.39, 0.29) is 6.04 Å². The molecule has 0 aliphatic heterocycles. The second-order valence-electron chi connectivity index (χ2n) is 3.00. The van der Waals surface area contributed by atoms with E-state index < -0.39 is 0 Å². The van der Waals surface area contributed by atoms with Gasteiger partial charge >= 0.3 is 0 Å².